The molecule has 1 saturated carbocycles. The summed E-state index contributed by atoms with van der Waals surface area (Å²) < 4.78 is 3.31. The fourth-order valence-electron chi connectivity index (χ4n) is 2.89. The van der Waals surface area contributed by atoms with Crippen LogP contribution in [0.15, 0.2) is 10.1 Å². The molecular weight excluding hydrogens is 353 g/mol. The number of allylic oxidation sites excluding steroid dienone is 2. The molecule has 2 bridgehead atoms. The molecule has 0 unspecified atom stereocenters. The van der Waals surface area contributed by atoms with Crippen molar-refractivity contribution in [2.24, 2.45) is 11.8 Å². The van der Waals surface area contributed by atoms with E-state index in [2.05, 4.69) is 0 Å². The van der Waals surface area contributed by atoms with Gasteiger partial charge in [0.25, 0.3) is 0 Å². The van der Waals surface area contributed by atoms with Gasteiger partial charge in [-0.25, -0.2) is 0 Å². The first-order chi connectivity index (χ1) is 7.70. The predicted molar refractivity (Wildman–Crippen MR) is 68.3 cm³/mol. The Labute approximate surface area is 127 Å². The van der Waals surface area contributed by atoms with E-state index in [9.17, 15) is 4.79 Å². The fraction of sp³-hybridized carbons (Fsp3) is 0.667. The molecule has 3 aliphatic rings. The number of alkyl halides is 4. The Balaban J connectivity index is 2.32. The second-order valence-corrected chi connectivity index (χ2v) is 7.62. The molecule has 0 N–H and O–H groups in total. The first-order valence-electron chi connectivity index (χ1n) is 4.69. The number of ether oxygens (including phenoxy) is 1. The highest BCUT2D eigenvalue weighted by Gasteiger charge is 2.85. The topological polar surface area (TPSA) is 26.3 Å². The van der Waals surface area contributed by atoms with Crippen LogP contribution in [0.25, 0.3) is 0 Å². The molecule has 4 atom stereocenters. The summed E-state index contributed by atoms with van der Waals surface area (Å²) in [7, 11) is 0. The molecule has 0 spiro atoms. The van der Waals surface area contributed by atoms with Gasteiger partial charge in [0.05, 0.1) is 22.6 Å². The van der Waals surface area contributed by atoms with Crippen LogP contribution in [0.1, 0.15) is 0 Å². The number of carbonyl (C=O) groups excluding carboxylic acids is 1. The second kappa shape index (κ2) is 3.34. The van der Waals surface area contributed by atoms with Crippen LogP contribution in [0.5, 0.6) is 0 Å². The van der Waals surface area contributed by atoms with Crippen LogP contribution in [0.3, 0.4) is 0 Å². The van der Waals surface area contributed by atoms with E-state index < -0.39 is 31.9 Å². The number of rotatable bonds is 0. The van der Waals surface area contributed by atoms with E-state index in [-0.39, 0.29) is 16.7 Å². The van der Waals surface area contributed by atoms with Gasteiger partial charge in [-0.3, -0.25) is 4.79 Å². The van der Waals surface area contributed by atoms with Gasteiger partial charge >= 0.3 is 5.97 Å². The molecule has 94 valence electrons. The van der Waals surface area contributed by atoms with Crippen LogP contribution in [0, 0.1) is 11.8 Å². The molecule has 0 radical (unpaired) electrons. The molecule has 0 aromatic carbocycles. The molecule has 2 fully saturated rings. The Morgan fingerprint density at radius 2 is 1.59 bits per heavy atom. The molecule has 0 amide bonds. The molecule has 2 aliphatic carbocycles. The first kappa shape index (κ1) is 13.0. The quantitative estimate of drug-likeness (QED) is 0.489. The third-order valence-electron chi connectivity index (χ3n) is 3.75. The van der Waals surface area contributed by atoms with Crippen LogP contribution >= 0.6 is 69.6 Å². The van der Waals surface area contributed by atoms with Gasteiger partial charge < -0.3 is 4.74 Å². The summed E-state index contributed by atoms with van der Waals surface area (Å²) in [5, 5.41) is 0.126. The average Bonchev–Trinajstić information content (AvgIpc) is 2.73. The number of esters is 1. The maximum absolute atomic E-state index is 11.7. The average molecular weight is 357 g/mol. The largest absolute Gasteiger partial charge is 0.465 e. The van der Waals surface area contributed by atoms with Crippen molar-refractivity contribution < 1.29 is 9.53 Å². The van der Waals surface area contributed by atoms with Crippen LogP contribution in [0.4, 0.5) is 0 Å². The monoisotopic (exact) mass is 354 g/mol. The molecule has 8 heteroatoms. The van der Waals surface area contributed by atoms with Crippen molar-refractivity contribution in [3.63, 3.8) is 0 Å². The molecule has 1 aliphatic heterocycles. The van der Waals surface area contributed by atoms with Crippen molar-refractivity contribution in [1.82, 2.24) is 0 Å². The van der Waals surface area contributed by atoms with Crippen molar-refractivity contribution in [2.75, 3.05) is 6.61 Å². The van der Waals surface area contributed by atoms with Gasteiger partial charge in [0.2, 0.25) is 0 Å². The lowest BCUT2D eigenvalue weighted by atomic mass is 9.84. The number of hydrogen-bond donors (Lipinski definition) is 0. The zero-order valence-electron chi connectivity index (χ0n) is 7.95. The molecule has 17 heavy (non-hydrogen) atoms. The third kappa shape index (κ3) is 1.05. The van der Waals surface area contributed by atoms with Crippen LogP contribution in [0.2, 0.25) is 0 Å². The Kier molecular flexibility index (Phi) is 2.54. The normalized spacial score (nSPS) is 50.8. The zero-order valence-corrected chi connectivity index (χ0v) is 12.5. The highest BCUT2D eigenvalue weighted by atomic mass is 35.5. The van der Waals surface area contributed by atoms with E-state index in [4.69, 9.17) is 74.3 Å². The molecule has 0 aromatic rings. The van der Waals surface area contributed by atoms with Gasteiger partial charge in [0, 0.05) is 5.92 Å². The molecule has 0 aromatic heterocycles. The maximum atomic E-state index is 11.7. The summed E-state index contributed by atoms with van der Waals surface area (Å²) in [5.74, 6) is -1.74. The summed E-state index contributed by atoms with van der Waals surface area (Å²) in [6.45, 7) is 0.0864. The Morgan fingerprint density at radius 1 is 1.06 bits per heavy atom. The van der Waals surface area contributed by atoms with Gasteiger partial charge in [-0.15, -0.1) is 23.2 Å². The molecule has 2 nitrogen and oxygen atoms in total. The number of fused-ring (bicyclic) bond motifs is 5. The van der Waals surface area contributed by atoms with Crippen LogP contribution in [-0.4, -0.2) is 26.7 Å². The van der Waals surface area contributed by atoms with Crippen molar-refractivity contribution >= 4 is 75.6 Å². The van der Waals surface area contributed by atoms with Crippen LogP contribution < -0.4 is 0 Å². The van der Waals surface area contributed by atoms with Gasteiger partial charge in [0.15, 0.2) is 4.33 Å². The van der Waals surface area contributed by atoms with Crippen LogP contribution in [-0.2, 0) is 9.53 Å². The van der Waals surface area contributed by atoms with Crippen molar-refractivity contribution in [2.45, 2.75) is 14.1 Å². The van der Waals surface area contributed by atoms with E-state index in [0.717, 1.165) is 0 Å². The van der Waals surface area contributed by atoms with E-state index in [1.54, 1.807) is 0 Å². The molecular formula is C9H4Cl6O2. The highest BCUT2D eigenvalue weighted by Crippen LogP contribution is 2.77. The lowest BCUT2D eigenvalue weighted by Gasteiger charge is -2.33. The Morgan fingerprint density at radius 3 is 2.18 bits per heavy atom. The summed E-state index contributed by atoms with van der Waals surface area (Å²) >= 11 is 37.5. The standard InChI is InChI=1S/C9H4Cl6O2/c10-4-5(11)8(13)3-2(1-17-6(3)16)7(4,12)9(8,14)15/h2-3H,1H2/t2-,3-,7-,8+/m1/s1. The molecule has 1 saturated heterocycles. The number of hydrogen-bond acceptors (Lipinski definition) is 2. The summed E-state index contributed by atoms with van der Waals surface area (Å²) in [6, 6.07) is 0. The van der Waals surface area contributed by atoms with Gasteiger partial charge in [0.1, 0.15) is 9.75 Å². The van der Waals surface area contributed by atoms with Gasteiger partial charge in [-0.2, -0.15) is 0 Å². The second-order valence-electron chi connectivity index (χ2n) is 4.34. The molecule has 3 rings (SSSR count). The SMILES string of the molecule is O=C1OC[C@@H]2[C@H]1[C@]1(Cl)C(Cl)=C(Cl)[C@@]2(Cl)C1(Cl)Cl. The lowest BCUT2D eigenvalue weighted by molar-refractivity contribution is -0.141. The minimum Gasteiger partial charge on any atom is -0.465 e. The Hall–Kier alpha value is 0.950. The smallest absolute Gasteiger partial charge is 0.311 e. The fourth-order valence-corrected chi connectivity index (χ4v) is 5.88. The molecule has 1 heterocycles. The third-order valence-corrected chi connectivity index (χ3v) is 8.05. The summed E-state index contributed by atoms with van der Waals surface area (Å²) in [5.41, 5.74) is 0. The number of halogens is 6. The van der Waals surface area contributed by atoms with E-state index >= 15 is 0 Å². The Bertz CT molecular complexity index is 474. The summed E-state index contributed by atoms with van der Waals surface area (Å²) in [4.78, 5) is 8.83. The van der Waals surface area contributed by atoms with Crippen molar-refractivity contribution in [1.29, 1.82) is 0 Å². The lowest BCUT2D eigenvalue weighted by Crippen LogP contribution is -2.46. The minimum absolute atomic E-state index is 0.0286. The zero-order chi connectivity index (χ0) is 12.8. The number of cyclic esters (lactones) is 1. The van der Waals surface area contributed by atoms with E-state index in [1.807, 2.05) is 0 Å². The van der Waals surface area contributed by atoms with E-state index in [1.165, 1.54) is 0 Å². The minimum atomic E-state index is -1.65. The highest BCUT2D eigenvalue weighted by molar-refractivity contribution is 6.66. The first-order valence-corrected chi connectivity index (χ1v) is 6.96. The maximum Gasteiger partial charge on any atom is 0.311 e. The van der Waals surface area contributed by atoms with Gasteiger partial charge in [-0.1, -0.05) is 46.4 Å². The van der Waals surface area contributed by atoms with Crippen molar-refractivity contribution in [3.05, 3.63) is 10.1 Å². The van der Waals surface area contributed by atoms with E-state index in [0.29, 0.717) is 0 Å². The van der Waals surface area contributed by atoms with Gasteiger partial charge in [-0.05, 0) is 0 Å². The number of carbonyl (C=O) groups is 1. The van der Waals surface area contributed by atoms with Crippen molar-refractivity contribution in [3.8, 4) is 0 Å². The predicted octanol–water partition coefficient (Wildman–Crippen LogP) is 3.62. The summed E-state index contributed by atoms with van der Waals surface area (Å²) in [6.07, 6.45) is 0.